The number of hydrogen-bond donors (Lipinski definition) is 0. The monoisotopic (exact) mass is 261 g/mol. The van der Waals surface area contributed by atoms with Crippen molar-refractivity contribution in [2.45, 2.75) is 12.8 Å². The fourth-order valence-electron chi connectivity index (χ4n) is 1.23. The Morgan fingerprint density at radius 1 is 1.59 bits per heavy atom. The number of nitro groups is 1. The van der Waals surface area contributed by atoms with Crippen LogP contribution < -0.4 is 0 Å². The van der Waals surface area contributed by atoms with Gasteiger partial charge >= 0.3 is 11.7 Å². The third kappa shape index (κ3) is 2.91. The highest BCUT2D eigenvalue weighted by molar-refractivity contribution is 6.17. The minimum atomic E-state index is -1.21. The molecule has 17 heavy (non-hydrogen) atoms. The van der Waals surface area contributed by atoms with E-state index in [4.69, 9.17) is 11.6 Å². The summed E-state index contributed by atoms with van der Waals surface area (Å²) in [4.78, 5) is 21.1. The zero-order valence-corrected chi connectivity index (χ0v) is 9.66. The highest BCUT2D eigenvalue weighted by atomic mass is 35.5. The van der Waals surface area contributed by atoms with E-state index in [0.29, 0.717) is 0 Å². The van der Waals surface area contributed by atoms with Crippen molar-refractivity contribution in [2.24, 2.45) is 0 Å². The van der Waals surface area contributed by atoms with Gasteiger partial charge in [-0.25, -0.2) is 4.79 Å². The van der Waals surface area contributed by atoms with Crippen LogP contribution in [0.3, 0.4) is 0 Å². The van der Waals surface area contributed by atoms with Gasteiger partial charge in [-0.1, -0.05) is 0 Å². The predicted octanol–water partition coefficient (Wildman–Crippen LogP) is 2.65. The first-order chi connectivity index (χ1) is 8.01. The van der Waals surface area contributed by atoms with Crippen LogP contribution in [0.25, 0.3) is 0 Å². The molecule has 0 amide bonds. The lowest BCUT2D eigenvalue weighted by molar-refractivity contribution is -0.387. The molecule has 1 rings (SSSR count). The fourth-order valence-corrected chi connectivity index (χ4v) is 1.39. The van der Waals surface area contributed by atoms with Gasteiger partial charge in [0.25, 0.3) is 0 Å². The molecule has 0 radical (unpaired) electrons. The molecule has 0 aliphatic rings. The van der Waals surface area contributed by atoms with Gasteiger partial charge in [0, 0.05) is 11.9 Å². The number of nitrogens with zero attached hydrogens (tertiary/aromatic N) is 1. The number of hydrogen-bond acceptors (Lipinski definition) is 4. The van der Waals surface area contributed by atoms with E-state index in [2.05, 4.69) is 4.74 Å². The summed E-state index contributed by atoms with van der Waals surface area (Å²) in [5.41, 5.74) is -0.981. The molecule has 0 fully saturated rings. The molecule has 0 saturated heterocycles. The molecule has 5 nitrogen and oxygen atoms in total. The van der Waals surface area contributed by atoms with Gasteiger partial charge in [0.05, 0.1) is 11.5 Å². The van der Waals surface area contributed by atoms with Crippen LogP contribution in [0.15, 0.2) is 12.1 Å². The normalized spacial score (nSPS) is 10.1. The zero-order valence-electron chi connectivity index (χ0n) is 8.91. The van der Waals surface area contributed by atoms with E-state index in [9.17, 15) is 19.3 Å². The van der Waals surface area contributed by atoms with Crippen LogP contribution in [-0.4, -0.2) is 17.5 Å². The highest BCUT2D eigenvalue weighted by Gasteiger charge is 2.24. The third-order valence-corrected chi connectivity index (χ3v) is 2.27. The molecule has 0 saturated carbocycles. The molecule has 0 aromatic heterocycles. The summed E-state index contributed by atoms with van der Waals surface area (Å²) in [5, 5.41) is 10.6. The van der Waals surface area contributed by atoms with Crippen molar-refractivity contribution in [3.05, 3.63) is 39.2 Å². The topological polar surface area (TPSA) is 69.4 Å². The predicted molar refractivity (Wildman–Crippen MR) is 58.6 cm³/mol. The standard InChI is InChI=1S/C10H9ClFNO4/c1-2-17-10(14)7-3-6(5-11)4-8(9(7)12)13(15)16/h3-4H,2,5H2,1H3. The van der Waals surface area contributed by atoms with Crippen LogP contribution in [0.5, 0.6) is 0 Å². The zero-order chi connectivity index (χ0) is 13.0. The van der Waals surface area contributed by atoms with Crippen molar-refractivity contribution in [1.29, 1.82) is 0 Å². The summed E-state index contributed by atoms with van der Waals surface area (Å²) in [6.45, 7) is 1.60. The Kier molecular flexibility index (Phi) is 4.39. The molecule has 0 heterocycles. The second-order valence-electron chi connectivity index (χ2n) is 3.09. The Morgan fingerprint density at radius 2 is 2.24 bits per heavy atom. The number of ether oxygens (including phenoxy) is 1. The van der Waals surface area contributed by atoms with E-state index >= 15 is 0 Å². The fraction of sp³-hybridized carbons (Fsp3) is 0.300. The lowest BCUT2D eigenvalue weighted by atomic mass is 10.1. The van der Waals surface area contributed by atoms with Crippen molar-refractivity contribution < 1.29 is 18.8 Å². The van der Waals surface area contributed by atoms with Gasteiger partial charge in [0.15, 0.2) is 0 Å². The Balaban J connectivity index is 3.33. The maximum absolute atomic E-state index is 13.6. The summed E-state index contributed by atoms with van der Waals surface area (Å²) in [5.74, 6) is -2.21. The second-order valence-corrected chi connectivity index (χ2v) is 3.35. The number of carbonyl (C=O) groups is 1. The molecule has 0 aliphatic carbocycles. The van der Waals surface area contributed by atoms with Crippen molar-refractivity contribution in [2.75, 3.05) is 6.61 Å². The maximum Gasteiger partial charge on any atom is 0.341 e. The van der Waals surface area contributed by atoms with Crippen molar-refractivity contribution in [1.82, 2.24) is 0 Å². The van der Waals surface area contributed by atoms with E-state index in [0.717, 1.165) is 12.1 Å². The van der Waals surface area contributed by atoms with Crippen molar-refractivity contribution in [3.63, 3.8) is 0 Å². The van der Waals surface area contributed by atoms with Gasteiger partial charge in [0.1, 0.15) is 5.56 Å². The van der Waals surface area contributed by atoms with Crippen LogP contribution in [0, 0.1) is 15.9 Å². The average molecular weight is 262 g/mol. The number of benzene rings is 1. The van der Waals surface area contributed by atoms with Gasteiger partial charge in [-0.15, -0.1) is 11.6 Å². The molecule has 0 aliphatic heterocycles. The quantitative estimate of drug-likeness (QED) is 0.362. The van der Waals surface area contributed by atoms with E-state index in [1.165, 1.54) is 0 Å². The van der Waals surface area contributed by atoms with Crippen LogP contribution in [0.4, 0.5) is 10.1 Å². The first kappa shape index (κ1) is 13.4. The minimum absolute atomic E-state index is 0.0528. The smallest absolute Gasteiger partial charge is 0.341 e. The average Bonchev–Trinajstić information content (AvgIpc) is 2.29. The summed E-state index contributed by atoms with van der Waals surface area (Å²) in [7, 11) is 0. The molecule has 0 unspecified atom stereocenters. The Bertz CT molecular complexity index is 464. The van der Waals surface area contributed by atoms with Crippen LogP contribution in [0.1, 0.15) is 22.8 Å². The Hall–Kier alpha value is -1.69. The number of carbonyl (C=O) groups excluding carboxylic acids is 1. The molecule has 7 heteroatoms. The van der Waals surface area contributed by atoms with E-state index < -0.39 is 28.0 Å². The van der Waals surface area contributed by atoms with Crippen molar-refractivity contribution >= 4 is 23.3 Å². The summed E-state index contributed by atoms with van der Waals surface area (Å²) < 4.78 is 18.2. The van der Waals surface area contributed by atoms with Gasteiger partial charge < -0.3 is 4.74 Å². The van der Waals surface area contributed by atoms with Gasteiger partial charge in [0.2, 0.25) is 5.82 Å². The van der Waals surface area contributed by atoms with Gasteiger partial charge in [-0.05, 0) is 18.6 Å². The van der Waals surface area contributed by atoms with Crippen molar-refractivity contribution in [3.8, 4) is 0 Å². The van der Waals surface area contributed by atoms with Crippen LogP contribution >= 0.6 is 11.6 Å². The number of rotatable bonds is 4. The minimum Gasteiger partial charge on any atom is -0.462 e. The number of halogens is 2. The number of nitro benzene ring substituents is 1. The van der Waals surface area contributed by atoms with Gasteiger partial charge in [-0.3, -0.25) is 10.1 Å². The Morgan fingerprint density at radius 3 is 2.71 bits per heavy atom. The SMILES string of the molecule is CCOC(=O)c1cc(CCl)cc([N+](=O)[O-])c1F. The molecular formula is C10H9ClFNO4. The molecule has 0 N–H and O–H groups in total. The molecule has 0 bridgehead atoms. The van der Waals surface area contributed by atoms with Crippen LogP contribution in [-0.2, 0) is 10.6 Å². The first-order valence-electron chi connectivity index (χ1n) is 4.71. The maximum atomic E-state index is 13.6. The van der Waals surface area contributed by atoms with Gasteiger partial charge in [-0.2, -0.15) is 4.39 Å². The molecule has 92 valence electrons. The lowest BCUT2D eigenvalue weighted by Gasteiger charge is -2.05. The summed E-state index contributed by atoms with van der Waals surface area (Å²) in [6, 6.07) is 2.14. The first-order valence-corrected chi connectivity index (χ1v) is 5.24. The molecule has 0 spiro atoms. The molecular weight excluding hydrogens is 253 g/mol. The highest BCUT2D eigenvalue weighted by Crippen LogP contribution is 2.24. The Labute approximate surface area is 101 Å². The third-order valence-electron chi connectivity index (χ3n) is 1.96. The summed E-state index contributed by atoms with van der Waals surface area (Å²) in [6.07, 6.45) is 0. The molecule has 1 aromatic carbocycles. The number of alkyl halides is 1. The molecule has 0 atom stereocenters. The summed E-state index contributed by atoms with van der Waals surface area (Å²) >= 11 is 5.51. The van der Waals surface area contributed by atoms with Crippen LogP contribution in [0.2, 0.25) is 0 Å². The molecule has 1 aromatic rings. The van der Waals surface area contributed by atoms with E-state index in [1.54, 1.807) is 6.92 Å². The lowest BCUT2D eigenvalue weighted by Crippen LogP contribution is -2.09. The van der Waals surface area contributed by atoms with E-state index in [-0.39, 0.29) is 18.1 Å². The van der Waals surface area contributed by atoms with E-state index in [1.807, 2.05) is 0 Å². The second kappa shape index (κ2) is 5.58. The largest absolute Gasteiger partial charge is 0.462 e. The number of esters is 1.